The molecular weight excluding hydrogens is 571 g/mol. The third kappa shape index (κ3) is 6.43. The van der Waals surface area contributed by atoms with E-state index < -0.39 is 10.0 Å². The number of hydrogen-bond donors (Lipinski definition) is 4. The van der Waals surface area contributed by atoms with E-state index in [0.29, 0.717) is 52.4 Å². The molecule has 2 aromatic heterocycles. The molecule has 2 heterocycles. The molecule has 3 aromatic carbocycles. The summed E-state index contributed by atoms with van der Waals surface area (Å²) in [5, 5.41) is 14.1. The summed E-state index contributed by atoms with van der Waals surface area (Å²) < 4.78 is 27.5. The van der Waals surface area contributed by atoms with Crippen LogP contribution in [0.1, 0.15) is 6.42 Å². The smallest absolute Gasteiger partial charge is 0.240 e. The number of imidazole rings is 1. The maximum Gasteiger partial charge on any atom is 0.240 e. The van der Waals surface area contributed by atoms with Gasteiger partial charge in [0.05, 0.1) is 27.0 Å². The van der Waals surface area contributed by atoms with E-state index in [1.54, 1.807) is 30.5 Å². The van der Waals surface area contributed by atoms with E-state index in [-0.39, 0.29) is 22.2 Å². The topological polar surface area (TPSA) is 133 Å². The predicted octanol–water partition coefficient (Wildman–Crippen LogP) is 5.99. The van der Waals surface area contributed by atoms with Gasteiger partial charge in [-0.15, -0.1) is 0 Å². The molecule has 0 spiro atoms. The summed E-state index contributed by atoms with van der Waals surface area (Å²) in [6.45, 7) is 0.658. The largest absolute Gasteiger partial charge is 0.506 e. The van der Waals surface area contributed by atoms with E-state index in [2.05, 4.69) is 25.0 Å². The minimum atomic E-state index is -3.63. The molecule has 12 heteroatoms. The van der Waals surface area contributed by atoms with Crippen LogP contribution in [-0.4, -0.2) is 46.5 Å². The summed E-state index contributed by atoms with van der Waals surface area (Å²) in [6, 6.07) is 22.4. The number of phenolic OH excluding ortho intramolecular Hbond substituents is 1. The summed E-state index contributed by atoms with van der Waals surface area (Å²) in [6.07, 6.45) is 2.12. The highest BCUT2D eigenvalue weighted by molar-refractivity contribution is 7.89. The number of sulfonamides is 1. The summed E-state index contributed by atoms with van der Waals surface area (Å²) in [7, 11) is -3.63. The van der Waals surface area contributed by atoms with E-state index >= 15 is 0 Å². The van der Waals surface area contributed by atoms with Crippen molar-refractivity contribution in [1.29, 1.82) is 0 Å². The quantitative estimate of drug-likeness (QED) is 0.146. The van der Waals surface area contributed by atoms with Crippen LogP contribution in [0.2, 0.25) is 10.0 Å². The highest BCUT2D eigenvalue weighted by Crippen LogP contribution is 2.35. The monoisotopic (exact) mass is 594 g/mol. The van der Waals surface area contributed by atoms with Crippen LogP contribution in [0, 0.1) is 0 Å². The van der Waals surface area contributed by atoms with Crippen LogP contribution in [0.15, 0.2) is 90.0 Å². The molecule has 0 saturated heterocycles. The fourth-order valence-electron chi connectivity index (χ4n) is 3.94. The van der Waals surface area contributed by atoms with Crippen LogP contribution in [0.5, 0.6) is 5.75 Å². The summed E-state index contributed by atoms with van der Waals surface area (Å²) in [4.78, 5) is 17.3. The third-order valence-corrected chi connectivity index (χ3v) is 7.98. The number of rotatable bonds is 10. The Labute approximate surface area is 241 Å². The first-order valence-corrected chi connectivity index (χ1v) is 14.5. The van der Waals surface area contributed by atoms with Crippen molar-refractivity contribution in [2.24, 2.45) is 0 Å². The number of halogens is 2. The molecule has 0 aliphatic heterocycles. The number of nitrogens with zero attached hydrogens (tertiary/aromatic N) is 3. The van der Waals surface area contributed by atoms with Gasteiger partial charge < -0.3 is 15.4 Å². The normalized spacial score (nSPS) is 11.4. The minimum absolute atomic E-state index is 0.0499. The second kappa shape index (κ2) is 12.1. The van der Waals surface area contributed by atoms with Crippen LogP contribution in [-0.2, 0) is 10.0 Å². The number of hydrogen-bond acceptors (Lipinski definition) is 7. The zero-order valence-corrected chi connectivity index (χ0v) is 23.3. The SMILES string of the molecule is O=S(=O)(NCCCNc1nccc(-c2[nH]c(-c3ccccc3)nc2-c2ccc(Cl)c(O)c2)n1)c1ccc(Cl)cc1. The van der Waals surface area contributed by atoms with E-state index in [4.69, 9.17) is 28.2 Å². The number of aromatic hydroxyl groups is 1. The van der Waals surface area contributed by atoms with Crippen LogP contribution in [0.4, 0.5) is 5.95 Å². The number of aromatic amines is 1. The van der Waals surface area contributed by atoms with E-state index in [1.165, 1.54) is 24.3 Å². The van der Waals surface area contributed by atoms with Gasteiger partial charge in [-0.05, 0) is 48.9 Å². The number of anilines is 1. The Kier molecular flexibility index (Phi) is 8.32. The van der Waals surface area contributed by atoms with E-state index in [9.17, 15) is 13.5 Å². The van der Waals surface area contributed by atoms with E-state index in [0.717, 1.165) is 5.56 Å². The first-order valence-electron chi connectivity index (χ1n) is 12.3. The molecule has 40 heavy (non-hydrogen) atoms. The molecule has 0 unspecified atom stereocenters. The molecule has 9 nitrogen and oxygen atoms in total. The Bertz CT molecular complexity index is 1730. The number of benzene rings is 3. The van der Waals surface area contributed by atoms with Crippen LogP contribution < -0.4 is 10.0 Å². The van der Waals surface area contributed by atoms with Gasteiger partial charge >= 0.3 is 0 Å². The lowest BCUT2D eigenvalue weighted by Crippen LogP contribution is -2.26. The average Bonchev–Trinajstić information content (AvgIpc) is 3.41. The van der Waals surface area contributed by atoms with Gasteiger partial charge in [0.1, 0.15) is 11.6 Å². The van der Waals surface area contributed by atoms with Gasteiger partial charge in [0.25, 0.3) is 0 Å². The Morgan fingerprint density at radius 2 is 1.65 bits per heavy atom. The zero-order chi connectivity index (χ0) is 28.1. The maximum atomic E-state index is 12.4. The summed E-state index contributed by atoms with van der Waals surface area (Å²) >= 11 is 11.9. The van der Waals surface area contributed by atoms with Gasteiger partial charge in [0.2, 0.25) is 16.0 Å². The predicted molar refractivity (Wildman–Crippen MR) is 157 cm³/mol. The highest BCUT2D eigenvalue weighted by Gasteiger charge is 2.18. The molecule has 0 fully saturated rings. The standard InChI is InChI=1S/C28H24Cl2N6O3S/c29-20-8-10-21(11-9-20)40(38,39)33-15-4-14-31-28-32-16-13-23(34-28)26-25(19-7-12-22(30)24(37)17-19)35-27(36-26)18-5-2-1-3-6-18/h1-3,5-13,16-17,33,37H,4,14-15H2,(H,35,36)(H,31,32,34). The van der Waals surface area contributed by atoms with Gasteiger partial charge in [-0.1, -0.05) is 59.6 Å². The molecule has 0 aliphatic carbocycles. The number of aromatic nitrogens is 4. The average molecular weight is 596 g/mol. The fourth-order valence-corrected chi connectivity index (χ4v) is 5.25. The maximum absolute atomic E-state index is 12.4. The second-order valence-corrected chi connectivity index (χ2v) is 11.3. The highest BCUT2D eigenvalue weighted by atomic mass is 35.5. The number of nitrogens with one attached hydrogen (secondary N) is 3. The molecule has 0 bridgehead atoms. The van der Waals surface area contributed by atoms with Crippen molar-refractivity contribution < 1.29 is 13.5 Å². The van der Waals surface area contributed by atoms with Gasteiger partial charge in [-0.25, -0.2) is 28.1 Å². The Hall–Kier alpha value is -3.96. The molecule has 0 saturated carbocycles. The molecule has 5 aromatic rings. The molecule has 0 radical (unpaired) electrons. The van der Waals surface area contributed by atoms with Crippen LogP contribution >= 0.6 is 23.2 Å². The molecular formula is C28H24Cl2N6O3S. The number of phenols is 1. The van der Waals surface area contributed by atoms with Crippen molar-refractivity contribution in [3.8, 4) is 39.8 Å². The van der Waals surface area contributed by atoms with Gasteiger partial charge in [-0.2, -0.15) is 0 Å². The van der Waals surface area contributed by atoms with Crippen molar-refractivity contribution >= 4 is 39.2 Å². The Morgan fingerprint density at radius 3 is 2.40 bits per heavy atom. The van der Waals surface area contributed by atoms with Crippen LogP contribution in [0.3, 0.4) is 0 Å². The summed E-state index contributed by atoms with van der Waals surface area (Å²) in [5.41, 5.74) is 3.37. The Morgan fingerprint density at radius 1 is 0.875 bits per heavy atom. The molecule has 5 rings (SSSR count). The molecule has 0 atom stereocenters. The van der Waals surface area contributed by atoms with Crippen molar-refractivity contribution in [3.05, 3.63) is 95.1 Å². The molecule has 204 valence electrons. The van der Waals surface area contributed by atoms with Gasteiger partial charge in [-0.3, -0.25) is 0 Å². The second-order valence-electron chi connectivity index (χ2n) is 8.74. The minimum Gasteiger partial charge on any atom is -0.506 e. The van der Waals surface area contributed by atoms with Crippen molar-refractivity contribution in [3.63, 3.8) is 0 Å². The van der Waals surface area contributed by atoms with Gasteiger partial charge in [0, 0.05) is 35.4 Å². The lowest BCUT2D eigenvalue weighted by molar-refractivity contribution is 0.476. The first-order chi connectivity index (χ1) is 19.3. The van der Waals surface area contributed by atoms with Crippen molar-refractivity contribution in [2.45, 2.75) is 11.3 Å². The fraction of sp³-hybridized carbons (Fsp3) is 0.107. The van der Waals surface area contributed by atoms with Gasteiger partial charge in [0.15, 0.2) is 0 Å². The van der Waals surface area contributed by atoms with Crippen molar-refractivity contribution in [1.82, 2.24) is 24.7 Å². The molecule has 0 amide bonds. The number of H-pyrrole nitrogens is 1. The van der Waals surface area contributed by atoms with Crippen LogP contribution in [0.25, 0.3) is 34.0 Å². The Balaban J connectivity index is 1.32. The lowest BCUT2D eigenvalue weighted by atomic mass is 10.1. The summed E-state index contributed by atoms with van der Waals surface area (Å²) in [5.74, 6) is 0.964. The third-order valence-electron chi connectivity index (χ3n) is 5.94. The lowest BCUT2D eigenvalue weighted by Gasteiger charge is -2.09. The molecule has 0 aliphatic rings. The first kappa shape index (κ1) is 27.6. The van der Waals surface area contributed by atoms with E-state index in [1.807, 2.05) is 30.3 Å². The van der Waals surface area contributed by atoms with Crippen molar-refractivity contribution in [2.75, 3.05) is 18.4 Å². The zero-order valence-electron chi connectivity index (χ0n) is 21.0. The molecule has 4 N–H and O–H groups in total.